The van der Waals surface area contributed by atoms with E-state index in [1.54, 1.807) is 0 Å². The van der Waals surface area contributed by atoms with Crippen molar-refractivity contribution < 1.29 is 36.6 Å². The molecule has 1 atom stereocenters. The predicted molar refractivity (Wildman–Crippen MR) is 47.1 cm³/mol. The number of halogens is 6. The first-order chi connectivity index (χ1) is 7.31. The molecule has 0 aliphatic heterocycles. The van der Waals surface area contributed by atoms with Crippen LogP contribution in [0.5, 0.6) is 0 Å². The molecule has 0 spiro atoms. The van der Waals surface area contributed by atoms with E-state index in [4.69, 9.17) is 10.2 Å². The Kier molecular flexibility index (Phi) is 4.63. The predicted octanol–water partition coefficient (Wildman–Crippen LogP) is 2.56. The summed E-state index contributed by atoms with van der Waals surface area (Å²) in [6, 6.07) is 0. The standard InChI is InChI=1S/C9H12F6O2/c1-5(2)3-6(16)4-7(17,8(10,11)12)9(13,14)15/h3,6,16-17H,4H2,1-2H3. The maximum Gasteiger partial charge on any atom is 0.426 e. The van der Waals surface area contributed by atoms with E-state index in [1.807, 2.05) is 0 Å². The molecule has 2 N–H and O–H groups in total. The molecule has 2 nitrogen and oxygen atoms in total. The maximum absolute atomic E-state index is 12.2. The molecule has 0 radical (unpaired) electrons. The van der Waals surface area contributed by atoms with E-state index in [1.165, 1.54) is 13.8 Å². The lowest BCUT2D eigenvalue weighted by molar-refractivity contribution is -0.373. The minimum absolute atomic E-state index is 0.337. The molecule has 0 aromatic carbocycles. The van der Waals surface area contributed by atoms with E-state index in [0.717, 1.165) is 6.08 Å². The van der Waals surface area contributed by atoms with Crippen LogP contribution in [-0.2, 0) is 0 Å². The van der Waals surface area contributed by atoms with Gasteiger partial charge in [-0.15, -0.1) is 0 Å². The van der Waals surface area contributed by atoms with Gasteiger partial charge in [0.1, 0.15) is 0 Å². The number of aliphatic hydroxyl groups excluding tert-OH is 1. The Morgan fingerprint density at radius 1 is 1.06 bits per heavy atom. The lowest BCUT2D eigenvalue weighted by atomic mass is 9.94. The minimum Gasteiger partial charge on any atom is -0.389 e. The summed E-state index contributed by atoms with van der Waals surface area (Å²) < 4.78 is 73.2. The van der Waals surface area contributed by atoms with Gasteiger partial charge in [-0.25, -0.2) is 0 Å². The molecular weight excluding hydrogens is 254 g/mol. The number of rotatable bonds is 3. The van der Waals surface area contributed by atoms with E-state index in [2.05, 4.69) is 0 Å². The average molecular weight is 266 g/mol. The molecule has 0 bridgehead atoms. The third-order valence-corrected chi connectivity index (χ3v) is 1.97. The molecule has 0 saturated carbocycles. The van der Waals surface area contributed by atoms with Gasteiger partial charge in [0.15, 0.2) is 0 Å². The molecular formula is C9H12F6O2. The SMILES string of the molecule is CC(C)=CC(O)CC(O)(C(F)(F)F)C(F)(F)F. The molecule has 102 valence electrons. The fourth-order valence-electron chi connectivity index (χ4n) is 1.14. The molecule has 0 aromatic rings. The summed E-state index contributed by atoms with van der Waals surface area (Å²) in [4.78, 5) is 0. The highest BCUT2D eigenvalue weighted by Crippen LogP contribution is 2.45. The largest absolute Gasteiger partial charge is 0.426 e. The van der Waals surface area contributed by atoms with Gasteiger partial charge in [-0.2, -0.15) is 26.3 Å². The Morgan fingerprint density at radius 3 is 1.65 bits per heavy atom. The molecule has 1 unspecified atom stereocenters. The third-order valence-electron chi connectivity index (χ3n) is 1.97. The van der Waals surface area contributed by atoms with Crippen LogP contribution >= 0.6 is 0 Å². The monoisotopic (exact) mass is 266 g/mol. The Labute approximate surface area is 93.6 Å². The third kappa shape index (κ3) is 3.88. The summed E-state index contributed by atoms with van der Waals surface area (Å²) in [6.45, 7) is 2.78. The first-order valence-electron chi connectivity index (χ1n) is 4.50. The lowest BCUT2D eigenvalue weighted by Gasteiger charge is -2.33. The molecule has 0 fully saturated rings. The van der Waals surface area contributed by atoms with Gasteiger partial charge in [0.2, 0.25) is 0 Å². The Morgan fingerprint density at radius 2 is 1.41 bits per heavy atom. The Balaban J connectivity index is 5.19. The van der Waals surface area contributed by atoms with E-state index < -0.39 is 30.5 Å². The molecule has 0 rings (SSSR count). The smallest absolute Gasteiger partial charge is 0.389 e. The topological polar surface area (TPSA) is 40.5 Å². The molecule has 0 aliphatic carbocycles. The van der Waals surface area contributed by atoms with Gasteiger partial charge in [0, 0.05) is 6.42 Å². The normalized spacial score (nSPS) is 15.6. The van der Waals surface area contributed by atoms with Gasteiger partial charge in [-0.05, 0) is 13.8 Å². The quantitative estimate of drug-likeness (QED) is 0.608. The van der Waals surface area contributed by atoms with Crippen molar-refractivity contribution in [1.29, 1.82) is 0 Å². The van der Waals surface area contributed by atoms with Crippen LogP contribution < -0.4 is 0 Å². The van der Waals surface area contributed by atoms with Crippen molar-refractivity contribution in [3.63, 3.8) is 0 Å². The van der Waals surface area contributed by atoms with Crippen molar-refractivity contribution in [2.75, 3.05) is 0 Å². The van der Waals surface area contributed by atoms with Crippen molar-refractivity contribution in [3.8, 4) is 0 Å². The molecule has 0 heterocycles. The van der Waals surface area contributed by atoms with Gasteiger partial charge in [0.25, 0.3) is 5.60 Å². The van der Waals surface area contributed by atoms with Crippen LogP contribution in [0.15, 0.2) is 11.6 Å². The Bertz CT molecular complexity index is 273. The van der Waals surface area contributed by atoms with Gasteiger partial charge >= 0.3 is 12.4 Å². The van der Waals surface area contributed by atoms with E-state index >= 15 is 0 Å². The van der Waals surface area contributed by atoms with Crippen molar-refractivity contribution in [2.45, 2.75) is 44.3 Å². The fraction of sp³-hybridized carbons (Fsp3) is 0.778. The summed E-state index contributed by atoms with van der Waals surface area (Å²) in [5.41, 5.74) is -4.57. The summed E-state index contributed by atoms with van der Waals surface area (Å²) in [6.07, 6.45) is -14.9. The first-order valence-corrected chi connectivity index (χ1v) is 4.50. The molecule has 8 heteroatoms. The van der Waals surface area contributed by atoms with Crippen LogP contribution in [0.3, 0.4) is 0 Å². The van der Waals surface area contributed by atoms with Crippen LogP contribution in [0.1, 0.15) is 20.3 Å². The van der Waals surface area contributed by atoms with Crippen molar-refractivity contribution in [2.24, 2.45) is 0 Å². The molecule has 0 aromatic heterocycles. The van der Waals surface area contributed by atoms with E-state index in [9.17, 15) is 26.3 Å². The summed E-state index contributed by atoms with van der Waals surface area (Å²) in [7, 11) is 0. The maximum atomic E-state index is 12.2. The number of hydrogen-bond acceptors (Lipinski definition) is 2. The van der Waals surface area contributed by atoms with Gasteiger partial charge < -0.3 is 10.2 Å². The summed E-state index contributed by atoms with van der Waals surface area (Å²) in [5.74, 6) is 0. The summed E-state index contributed by atoms with van der Waals surface area (Å²) >= 11 is 0. The van der Waals surface area contributed by atoms with Crippen LogP contribution in [0.2, 0.25) is 0 Å². The van der Waals surface area contributed by atoms with E-state index in [0.29, 0.717) is 5.57 Å². The number of alkyl halides is 6. The second-order valence-electron chi connectivity index (χ2n) is 3.87. The molecule has 0 amide bonds. The van der Waals surface area contributed by atoms with Gasteiger partial charge in [-0.1, -0.05) is 11.6 Å². The number of allylic oxidation sites excluding steroid dienone is 1. The van der Waals surface area contributed by atoms with Gasteiger partial charge in [0.05, 0.1) is 6.10 Å². The Hall–Kier alpha value is -0.760. The number of aliphatic hydroxyl groups is 2. The van der Waals surface area contributed by atoms with Crippen molar-refractivity contribution >= 4 is 0 Å². The van der Waals surface area contributed by atoms with Crippen molar-refractivity contribution in [3.05, 3.63) is 11.6 Å². The fourth-order valence-corrected chi connectivity index (χ4v) is 1.14. The summed E-state index contributed by atoms with van der Waals surface area (Å²) in [5, 5.41) is 17.8. The average Bonchev–Trinajstić information content (AvgIpc) is 1.97. The number of hydrogen-bond donors (Lipinski definition) is 2. The van der Waals surface area contributed by atoms with Crippen molar-refractivity contribution in [1.82, 2.24) is 0 Å². The van der Waals surface area contributed by atoms with Crippen LogP contribution in [0.4, 0.5) is 26.3 Å². The molecule has 0 aliphatic rings. The highest BCUT2D eigenvalue weighted by molar-refractivity contribution is 5.04. The first kappa shape index (κ1) is 16.2. The zero-order valence-corrected chi connectivity index (χ0v) is 9.02. The van der Waals surface area contributed by atoms with Gasteiger partial charge in [-0.3, -0.25) is 0 Å². The zero-order valence-electron chi connectivity index (χ0n) is 9.02. The zero-order chi connectivity index (χ0) is 14.1. The second-order valence-corrected chi connectivity index (χ2v) is 3.87. The lowest BCUT2D eigenvalue weighted by Crippen LogP contribution is -2.58. The molecule has 0 saturated heterocycles. The molecule has 17 heavy (non-hydrogen) atoms. The van der Waals surface area contributed by atoms with E-state index in [-0.39, 0.29) is 0 Å². The second kappa shape index (κ2) is 4.85. The van der Waals surface area contributed by atoms with Crippen LogP contribution in [0.25, 0.3) is 0 Å². The highest BCUT2D eigenvalue weighted by Gasteiger charge is 2.70. The highest BCUT2D eigenvalue weighted by atomic mass is 19.4. The van der Waals surface area contributed by atoms with Crippen LogP contribution in [0, 0.1) is 0 Å². The van der Waals surface area contributed by atoms with Crippen LogP contribution in [-0.4, -0.2) is 34.3 Å². The minimum atomic E-state index is -5.90.